The molecule has 0 bridgehead atoms. The van der Waals surface area contributed by atoms with Gasteiger partial charge in [-0.05, 0) is 83.5 Å². The Morgan fingerprint density at radius 2 is 0.690 bits per heavy atom. The van der Waals surface area contributed by atoms with Gasteiger partial charge in [0.25, 0.3) is 0 Å². The fourth-order valence-corrected chi connectivity index (χ4v) is 12.6. The van der Waals surface area contributed by atoms with Crippen molar-refractivity contribution in [3.8, 4) is 0 Å². The molecule has 3 fully saturated rings. The van der Waals surface area contributed by atoms with Crippen LogP contribution in [0.25, 0.3) is 0 Å². The molecule has 17 unspecified atom stereocenters. The molecule has 19 nitrogen and oxygen atoms in total. The second kappa shape index (κ2) is 60.7. The van der Waals surface area contributed by atoms with Gasteiger partial charge in [0, 0.05) is 6.42 Å². The molecule has 0 radical (unpaired) electrons. The van der Waals surface area contributed by atoms with Crippen molar-refractivity contribution in [1.29, 1.82) is 0 Å². The van der Waals surface area contributed by atoms with Gasteiger partial charge in [-0.2, -0.15) is 0 Å². The highest BCUT2D eigenvalue weighted by Crippen LogP contribution is 2.33. The number of hydrogen-bond acceptors (Lipinski definition) is 18. The van der Waals surface area contributed by atoms with E-state index in [1.807, 2.05) is 6.08 Å². The van der Waals surface area contributed by atoms with E-state index in [2.05, 4.69) is 116 Å². The summed E-state index contributed by atoms with van der Waals surface area (Å²) in [6.07, 6.45) is 56.4. The Kier molecular flexibility index (Phi) is 55.0. The van der Waals surface area contributed by atoms with Crippen molar-refractivity contribution in [3.63, 3.8) is 0 Å². The number of hydrogen-bond donors (Lipinski definition) is 12. The minimum Gasteiger partial charge on any atom is -0.394 e. The normalized spacial score (nSPS) is 27.1. The molecule has 0 saturated carbocycles. The molecule has 100 heavy (non-hydrogen) atoms. The maximum atomic E-state index is 13.4. The zero-order chi connectivity index (χ0) is 72.5. The number of ether oxygens (including phenoxy) is 6. The first-order valence-electron chi connectivity index (χ1n) is 39.1. The van der Waals surface area contributed by atoms with Crippen LogP contribution < -0.4 is 5.32 Å². The first-order chi connectivity index (χ1) is 48.8. The van der Waals surface area contributed by atoms with Gasteiger partial charge in [0.1, 0.15) is 73.2 Å². The molecule has 1 amide bonds. The maximum absolute atomic E-state index is 13.4. The lowest BCUT2D eigenvalue weighted by atomic mass is 9.96. The number of rotatable bonds is 60. The number of amides is 1. The van der Waals surface area contributed by atoms with E-state index in [-0.39, 0.29) is 18.9 Å². The molecule has 3 aliphatic rings. The third kappa shape index (κ3) is 40.6. The summed E-state index contributed by atoms with van der Waals surface area (Å²) in [6, 6.07) is -1.01. The van der Waals surface area contributed by atoms with Gasteiger partial charge < -0.3 is 89.9 Å². The quantitative estimate of drug-likeness (QED) is 0.0199. The van der Waals surface area contributed by atoms with E-state index in [0.717, 1.165) is 89.9 Å². The molecule has 3 aliphatic heterocycles. The molecule has 0 aromatic rings. The number of aliphatic hydroxyl groups excluding tert-OH is 11. The van der Waals surface area contributed by atoms with E-state index in [1.165, 1.54) is 148 Å². The number of nitrogens with one attached hydrogen (secondary N) is 1. The number of carbonyl (C=O) groups is 1. The second-order valence-electron chi connectivity index (χ2n) is 27.4. The van der Waals surface area contributed by atoms with Crippen LogP contribution in [-0.4, -0.2) is 193 Å². The third-order valence-corrected chi connectivity index (χ3v) is 18.8. The van der Waals surface area contributed by atoms with Gasteiger partial charge in [-0.3, -0.25) is 4.79 Å². The number of carbonyl (C=O) groups excluding carboxylic acids is 1. The van der Waals surface area contributed by atoms with Crippen molar-refractivity contribution in [3.05, 3.63) is 109 Å². The van der Waals surface area contributed by atoms with Crippen LogP contribution >= 0.6 is 0 Å². The predicted octanol–water partition coefficient (Wildman–Crippen LogP) is 12.6. The highest BCUT2D eigenvalue weighted by molar-refractivity contribution is 5.76. The lowest BCUT2D eigenvalue weighted by molar-refractivity contribution is -0.379. The van der Waals surface area contributed by atoms with Crippen LogP contribution in [0.4, 0.5) is 0 Å². The Hall–Kier alpha value is -3.55. The van der Waals surface area contributed by atoms with Crippen LogP contribution in [0.1, 0.15) is 264 Å². The summed E-state index contributed by atoms with van der Waals surface area (Å²) in [5.74, 6) is -0.320. The lowest BCUT2D eigenvalue weighted by Crippen LogP contribution is -2.66. The molecule has 12 N–H and O–H groups in total. The summed E-state index contributed by atoms with van der Waals surface area (Å²) >= 11 is 0. The summed E-state index contributed by atoms with van der Waals surface area (Å²) in [7, 11) is 0. The van der Waals surface area contributed by atoms with Gasteiger partial charge in [0.05, 0.1) is 38.6 Å². The lowest BCUT2D eigenvalue weighted by Gasteiger charge is -2.48. The summed E-state index contributed by atoms with van der Waals surface area (Å²) in [5, 5.41) is 121. The number of unbranched alkanes of at least 4 members (excludes halogenated alkanes) is 28. The molecular formula is C81H139NO18. The molecule has 17 atom stereocenters. The Morgan fingerprint density at radius 1 is 0.370 bits per heavy atom. The molecule has 0 aromatic carbocycles. The largest absolute Gasteiger partial charge is 0.394 e. The first-order valence-corrected chi connectivity index (χ1v) is 39.1. The first kappa shape index (κ1) is 90.7. The second-order valence-corrected chi connectivity index (χ2v) is 27.4. The predicted molar refractivity (Wildman–Crippen MR) is 397 cm³/mol. The summed E-state index contributed by atoms with van der Waals surface area (Å²) in [5.41, 5.74) is 0. The van der Waals surface area contributed by atoms with Gasteiger partial charge >= 0.3 is 0 Å². The molecule has 19 heteroatoms. The topological polar surface area (TPSA) is 307 Å². The van der Waals surface area contributed by atoms with E-state index in [4.69, 9.17) is 28.4 Å². The molecule has 0 aromatic heterocycles. The maximum Gasteiger partial charge on any atom is 0.220 e. The van der Waals surface area contributed by atoms with Crippen LogP contribution in [0.2, 0.25) is 0 Å². The van der Waals surface area contributed by atoms with Gasteiger partial charge in [-0.25, -0.2) is 0 Å². The van der Waals surface area contributed by atoms with Crippen LogP contribution in [0.5, 0.6) is 0 Å². The number of aliphatic hydroxyl groups is 11. The fourth-order valence-electron chi connectivity index (χ4n) is 12.6. The van der Waals surface area contributed by atoms with Gasteiger partial charge in [0.2, 0.25) is 5.91 Å². The summed E-state index contributed by atoms with van der Waals surface area (Å²) in [4.78, 5) is 13.4. The standard InChI is InChI=1S/C81H139NO18/c1-3-5-7-9-11-13-15-17-19-21-23-25-27-29-31-33-34-36-38-40-42-44-46-48-50-52-54-56-58-65(86)64(82-69(87)59-57-55-53-51-49-47-45-43-41-39-37-35-32-30-28-26-24-22-20-18-16-14-12-10-8-6-4-2)63-95-79-75(93)72(90)77(67(61-84)97-79)100-81-76(94)73(91)78(68(62-85)98-81)99-80-74(92)71(89)70(88)66(60-83)96-80/h6,8,12,14,18,20,24,26,30,32,37,39,43,45,49,51,56,58,64-68,70-81,83-86,88-94H,3-5,7,9-11,13,15-17,19,21-23,25,27-29,31,33-36,38,40-42,44,46-48,50,52-55,57,59-63H2,1-2H3,(H,82,87)/b8-6-,14-12-,20-18-,26-24-,32-30-,39-37-,45-43-,51-49-,58-56+. The third-order valence-electron chi connectivity index (χ3n) is 18.8. The molecular weight excluding hydrogens is 1270 g/mol. The zero-order valence-corrected chi connectivity index (χ0v) is 61.4. The van der Waals surface area contributed by atoms with Crippen LogP contribution in [0.3, 0.4) is 0 Å². The van der Waals surface area contributed by atoms with Crippen LogP contribution in [0, 0.1) is 0 Å². The summed E-state index contributed by atoms with van der Waals surface area (Å²) in [6.45, 7) is 1.60. The fraction of sp³-hybridized carbons (Fsp3) is 0.765. The average molecular weight is 1410 g/mol. The Morgan fingerprint density at radius 3 is 1.08 bits per heavy atom. The minimum atomic E-state index is -1.99. The SMILES string of the molecule is CC/C=C\C/C=C\C/C=C\C/C=C\C/C=C\C/C=C\C/C=C\C/C=C\CCCCC(=O)NC(COC1OC(CO)C(OC2OC(CO)C(OC3OC(CO)C(O)C(O)C3O)C(O)C2O)C(O)C1O)C(O)/C=C/CCCCCCCCCCCCCCCCCCCCCCCCCCCC. The molecule has 576 valence electrons. The van der Waals surface area contributed by atoms with Crippen molar-refractivity contribution in [2.24, 2.45) is 0 Å². The van der Waals surface area contributed by atoms with Crippen molar-refractivity contribution >= 4 is 5.91 Å². The highest BCUT2D eigenvalue weighted by Gasteiger charge is 2.53. The van der Waals surface area contributed by atoms with Gasteiger partial charge in [0.15, 0.2) is 18.9 Å². The van der Waals surface area contributed by atoms with Gasteiger partial charge in [-0.15, -0.1) is 0 Å². The van der Waals surface area contributed by atoms with Crippen molar-refractivity contribution in [2.45, 2.75) is 369 Å². The van der Waals surface area contributed by atoms with Crippen molar-refractivity contribution in [1.82, 2.24) is 5.32 Å². The smallest absolute Gasteiger partial charge is 0.220 e. The average Bonchev–Trinajstić information content (AvgIpc) is 0.783. The molecule has 0 aliphatic carbocycles. The molecule has 3 heterocycles. The van der Waals surface area contributed by atoms with E-state index in [9.17, 15) is 61.0 Å². The van der Waals surface area contributed by atoms with Crippen molar-refractivity contribution < 1.29 is 89.4 Å². The van der Waals surface area contributed by atoms with E-state index >= 15 is 0 Å². The van der Waals surface area contributed by atoms with Crippen molar-refractivity contribution in [2.75, 3.05) is 26.4 Å². The molecule has 3 rings (SSSR count). The highest BCUT2D eigenvalue weighted by atomic mass is 16.8. The molecule has 3 saturated heterocycles. The molecule has 0 spiro atoms. The summed E-state index contributed by atoms with van der Waals surface area (Å²) < 4.78 is 34.4. The van der Waals surface area contributed by atoms with E-state index in [1.54, 1.807) is 6.08 Å². The van der Waals surface area contributed by atoms with E-state index < -0.39 is 124 Å². The van der Waals surface area contributed by atoms with E-state index in [0.29, 0.717) is 6.42 Å². The van der Waals surface area contributed by atoms with Gasteiger partial charge in [-0.1, -0.05) is 284 Å². The Bertz CT molecular complexity index is 2230. The zero-order valence-electron chi connectivity index (χ0n) is 61.4. The Balaban J connectivity index is 1.42. The monoisotopic (exact) mass is 1410 g/mol. The van der Waals surface area contributed by atoms with Crippen LogP contribution in [0.15, 0.2) is 109 Å². The minimum absolute atomic E-state index is 0.181. The number of allylic oxidation sites excluding steroid dienone is 17. The van der Waals surface area contributed by atoms with Crippen LogP contribution in [-0.2, 0) is 33.2 Å². The Labute approximate surface area is 602 Å².